The molecule has 4 rings (SSSR count). The minimum absolute atomic E-state index is 0.0115. The topological polar surface area (TPSA) is 85.0 Å². The van der Waals surface area contributed by atoms with Crippen LogP contribution in [0.25, 0.3) is 10.8 Å². The van der Waals surface area contributed by atoms with Gasteiger partial charge in [-0.15, -0.1) is 21.5 Å². The first-order chi connectivity index (χ1) is 12.1. The Hall–Kier alpha value is -2.75. The van der Waals surface area contributed by atoms with E-state index >= 15 is 0 Å². The fraction of sp³-hybridized carbons (Fsp3) is 0.267. The minimum atomic E-state index is -2.82. The van der Waals surface area contributed by atoms with Crippen LogP contribution in [0, 0.1) is 0 Å². The lowest BCUT2D eigenvalue weighted by Crippen LogP contribution is -2.35. The Labute approximate surface area is 144 Å². The Morgan fingerprint density at radius 1 is 1.28 bits per heavy atom. The fourth-order valence-corrected chi connectivity index (χ4v) is 3.39. The van der Waals surface area contributed by atoms with Crippen LogP contribution in [0.2, 0.25) is 0 Å². The molecule has 0 saturated carbocycles. The van der Waals surface area contributed by atoms with Gasteiger partial charge in [-0.05, 0) is 18.1 Å². The van der Waals surface area contributed by atoms with Crippen molar-refractivity contribution < 1.29 is 18.0 Å². The molecule has 7 nitrogen and oxygen atoms in total. The van der Waals surface area contributed by atoms with Gasteiger partial charge in [0.25, 0.3) is 11.8 Å². The van der Waals surface area contributed by atoms with Crippen LogP contribution in [0.5, 0.6) is 0 Å². The van der Waals surface area contributed by atoms with Crippen molar-refractivity contribution in [1.82, 2.24) is 20.2 Å². The second-order valence-electron chi connectivity index (χ2n) is 5.33. The molecule has 0 N–H and O–H groups in total. The number of alkyl halides is 2. The number of carbonyl (C=O) groups excluding carboxylic acids is 1. The van der Waals surface area contributed by atoms with E-state index in [1.807, 2.05) is 12.1 Å². The number of carbonyl (C=O) groups is 1. The van der Waals surface area contributed by atoms with Crippen molar-refractivity contribution in [3.05, 3.63) is 41.0 Å². The van der Waals surface area contributed by atoms with Crippen molar-refractivity contribution in [1.29, 1.82) is 0 Å². The summed E-state index contributed by atoms with van der Waals surface area (Å²) in [5.41, 5.74) is 1.01. The lowest BCUT2D eigenvalue weighted by molar-refractivity contribution is -0.119. The second kappa shape index (κ2) is 6.28. The zero-order chi connectivity index (χ0) is 17.4. The maximum Gasteiger partial charge on any atom is 0.314 e. The Balaban J connectivity index is 1.58. The van der Waals surface area contributed by atoms with E-state index in [1.165, 1.54) is 17.5 Å². The molecule has 0 spiro atoms. The van der Waals surface area contributed by atoms with E-state index in [0.717, 1.165) is 5.56 Å². The Kier molecular flexibility index (Phi) is 3.96. The van der Waals surface area contributed by atoms with Crippen LogP contribution < -0.4 is 4.90 Å². The zero-order valence-corrected chi connectivity index (χ0v) is 13.5. The van der Waals surface area contributed by atoms with Crippen molar-refractivity contribution in [2.75, 3.05) is 4.90 Å². The second-order valence-corrected chi connectivity index (χ2v) is 6.45. The van der Waals surface area contributed by atoms with E-state index in [0.29, 0.717) is 28.5 Å². The first-order valence-corrected chi connectivity index (χ1v) is 8.24. The van der Waals surface area contributed by atoms with Gasteiger partial charge in [0.15, 0.2) is 0 Å². The molecule has 3 aromatic heterocycles. The molecule has 0 unspecified atom stereocenters. The van der Waals surface area contributed by atoms with Gasteiger partial charge in [0.1, 0.15) is 15.7 Å². The molecule has 0 aromatic carbocycles. The van der Waals surface area contributed by atoms with Gasteiger partial charge in [0, 0.05) is 12.6 Å². The summed E-state index contributed by atoms with van der Waals surface area (Å²) in [4.78, 5) is 22.8. The summed E-state index contributed by atoms with van der Waals surface area (Å²) in [5, 5.41) is 7.52. The molecule has 1 aliphatic rings. The summed E-state index contributed by atoms with van der Waals surface area (Å²) in [7, 11) is 0. The summed E-state index contributed by atoms with van der Waals surface area (Å²) < 4.78 is 30.0. The number of fused-ring (bicyclic) bond motifs is 1. The molecule has 1 amide bonds. The van der Waals surface area contributed by atoms with Gasteiger partial charge in [-0.2, -0.15) is 8.78 Å². The molecule has 0 aliphatic carbocycles. The lowest BCUT2D eigenvalue weighted by Gasteiger charge is -2.27. The van der Waals surface area contributed by atoms with Crippen LogP contribution in [0.15, 0.2) is 28.9 Å². The smallest absolute Gasteiger partial charge is 0.314 e. The number of aryl methyl sites for hydroxylation is 1. The maximum absolute atomic E-state index is 12.5. The molecule has 1 aliphatic heterocycles. The largest absolute Gasteiger partial charge is 0.414 e. The van der Waals surface area contributed by atoms with Crippen molar-refractivity contribution >= 4 is 23.1 Å². The molecule has 0 bridgehead atoms. The molecular formula is C15H11F2N5O2S. The number of hydrogen-bond acceptors (Lipinski definition) is 7. The van der Waals surface area contributed by atoms with Crippen LogP contribution in [-0.2, 0) is 17.8 Å². The molecule has 10 heteroatoms. The summed E-state index contributed by atoms with van der Waals surface area (Å²) in [6, 6.07) is 3.78. The average molecular weight is 363 g/mol. The SMILES string of the molecule is O=C1CCc2cccnc2N1Cc1ncc(-c2nnc(C(F)F)o2)s1. The Morgan fingerprint density at radius 3 is 2.96 bits per heavy atom. The monoisotopic (exact) mass is 363 g/mol. The number of rotatable bonds is 4. The standard InChI is InChI=1S/C15H11F2N5O2S/c16-12(17)15-21-20-14(24-15)9-6-19-10(25-9)7-22-11(23)4-3-8-2-1-5-18-13(8)22/h1-2,5-6,12H,3-4,7H2. The number of hydrogen-bond donors (Lipinski definition) is 0. The van der Waals surface area contributed by atoms with Gasteiger partial charge in [0.2, 0.25) is 5.91 Å². The highest BCUT2D eigenvalue weighted by Gasteiger charge is 2.26. The predicted octanol–water partition coefficient (Wildman–Crippen LogP) is 3.01. The number of anilines is 1. The lowest BCUT2D eigenvalue weighted by atomic mass is 10.1. The van der Waals surface area contributed by atoms with Crippen molar-refractivity contribution in [2.24, 2.45) is 0 Å². The van der Waals surface area contributed by atoms with Crippen molar-refractivity contribution in [3.8, 4) is 10.8 Å². The highest BCUT2D eigenvalue weighted by atomic mass is 32.1. The van der Waals surface area contributed by atoms with E-state index < -0.39 is 12.3 Å². The highest BCUT2D eigenvalue weighted by molar-refractivity contribution is 7.15. The van der Waals surface area contributed by atoms with Gasteiger partial charge in [-0.25, -0.2) is 9.97 Å². The first-order valence-electron chi connectivity index (χ1n) is 7.42. The van der Waals surface area contributed by atoms with Gasteiger partial charge in [0.05, 0.1) is 12.7 Å². The van der Waals surface area contributed by atoms with Crippen molar-refractivity contribution in [2.45, 2.75) is 25.8 Å². The van der Waals surface area contributed by atoms with Gasteiger partial charge >= 0.3 is 6.43 Å². The maximum atomic E-state index is 12.5. The van der Waals surface area contributed by atoms with Gasteiger partial charge in [-0.1, -0.05) is 6.07 Å². The van der Waals surface area contributed by atoms with Gasteiger partial charge in [-0.3, -0.25) is 9.69 Å². The number of amides is 1. The third kappa shape index (κ3) is 3.00. The molecule has 25 heavy (non-hydrogen) atoms. The number of nitrogens with zero attached hydrogens (tertiary/aromatic N) is 5. The van der Waals surface area contributed by atoms with Crippen LogP contribution >= 0.6 is 11.3 Å². The van der Waals surface area contributed by atoms with Crippen LogP contribution in [-0.4, -0.2) is 26.1 Å². The third-order valence-corrected chi connectivity index (χ3v) is 4.69. The molecule has 0 fully saturated rings. The first kappa shape index (κ1) is 15.8. The highest BCUT2D eigenvalue weighted by Crippen LogP contribution is 2.31. The van der Waals surface area contributed by atoms with Crippen LogP contribution in [0.4, 0.5) is 14.6 Å². The average Bonchev–Trinajstić information content (AvgIpc) is 3.26. The third-order valence-electron chi connectivity index (χ3n) is 3.72. The number of halogens is 2. The molecule has 4 heterocycles. The molecule has 0 atom stereocenters. The van der Waals surface area contributed by atoms with E-state index in [1.54, 1.807) is 11.1 Å². The van der Waals surface area contributed by atoms with Gasteiger partial charge < -0.3 is 4.42 Å². The predicted molar refractivity (Wildman–Crippen MR) is 84.1 cm³/mol. The quantitative estimate of drug-likeness (QED) is 0.708. The Morgan fingerprint density at radius 2 is 2.16 bits per heavy atom. The minimum Gasteiger partial charge on any atom is -0.414 e. The van der Waals surface area contributed by atoms with Crippen LogP contribution in [0.1, 0.15) is 29.3 Å². The fourth-order valence-electron chi connectivity index (χ4n) is 2.57. The van der Waals surface area contributed by atoms with Crippen LogP contribution in [0.3, 0.4) is 0 Å². The number of pyridine rings is 1. The van der Waals surface area contributed by atoms with E-state index in [4.69, 9.17) is 4.42 Å². The summed E-state index contributed by atoms with van der Waals surface area (Å²) in [5.74, 6) is -0.133. The van der Waals surface area contributed by atoms with Crippen molar-refractivity contribution in [3.63, 3.8) is 0 Å². The number of thiazole rings is 1. The molecule has 128 valence electrons. The summed E-state index contributed by atoms with van der Waals surface area (Å²) >= 11 is 1.21. The summed E-state index contributed by atoms with van der Waals surface area (Å²) in [6.45, 7) is 0.253. The molecule has 0 saturated heterocycles. The zero-order valence-electron chi connectivity index (χ0n) is 12.7. The normalized spacial score (nSPS) is 14.2. The Bertz CT molecular complexity index is 926. The number of aromatic nitrogens is 4. The molecule has 3 aromatic rings. The summed E-state index contributed by atoms with van der Waals surface area (Å²) in [6.07, 6.45) is 1.37. The van der Waals surface area contributed by atoms with E-state index in [2.05, 4.69) is 20.2 Å². The molecular weight excluding hydrogens is 352 g/mol. The molecule has 0 radical (unpaired) electrons. The van der Waals surface area contributed by atoms with E-state index in [-0.39, 0.29) is 18.3 Å². The van der Waals surface area contributed by atoms with E-state index in [9.17, 15) is 13.6 Å².